The summed E-state index contributed by atoms with van der Waals surface area (Å²) in [4.78, 5) is 18.5. The first kappa shape index (κ1) is 23.3. The third-order valence-electron chi connectivity index (χ3n) is 7.45. The first-order valence-corrected chi connectivity index (χ1v) is 11.4. The van der Waals surface area contributed by atoms with Crippen LogP contribution in [0.4, 0.5) is 18.9 Å². The summed E-state index contributed by atoms with van der Waals surface area (Å²) in [5.41, 5.74) is -0.112. The van der Waals surface area contributed by atoms with Crippen LogP contribution in [0.1, 0.15) is 37.7 Å². The minimum absolute atomic E-state index is 0.0888. The molecule has 1 aromatic carbocycles. The van der Waals surface area contributed by atoms with Gasteiger partial charge in [0, 0.05) is 44.8 Å². The molecule has 1 spiro atoms. The van der Waals surface area contributed by atoms with Crippen molar-refractivity contribution < 1.29 is 28.2 Å². The summed E-state index contributed by atoms with van der Waals surface area (Å²) in [5, 5.41) is 20.4. The summed E-state index contributed by atoms with van der Waals surface area (Å²) in [6.07, 6.45) is -0.717. The molecule has 2 aliphatic heterocycles. The average molecular weight is 456 g/mol. The first-order chi connectivity index (χ1) is 15.2. The minimum Gasteiger partial charge on any atom is -0.394 e. The number of carbonyl (C=O) groups is 1. The number of rotatable bonds is 6. The Morgan fingerprint density at radius 3 is 2.56 bits per heavy atom. The number of anilines is 1. The Balaban J connectivity index is 1.35. The van der Waals surface area contributed by atoms with Crippen molar-refractivity contribution in [2.45, 2.75) is 50.4 Å². The van der Waals surface area contributed by atoms with Gasteiger partial charge in [-0.1, -0.05) is 6.07 Å². The van der Waals surface area contributed by atoms with Gasteiger partial charge in [0.1, 0.15) is 0 Å². The SMILES string of the molecule is O=C1CCN(c2cccc(C(F)(F)F)c2)CCN1C(CO)CCN1CCC2(CC2)[C@H](O)C1. The van der Waals surface area contributed by atoms with Crippen molar-refractivity contribution in [3.8, 4) is 0 Å². The van der Waals surface area contributed by atoms with Crippen molar-refractivity contribution in [3.05, 3.63) is 29.8 Å². The lowest BCUT2D eigenvalue weighted by Gasteiger charge is -2.38. The number of aliphatic hydroxyl groups is 2. The molecule has 32 heavy (non-hydrogen) atoms. The number of carbonyl (C=O) groups excluding carboxylic acids is 1. The number of halogens is 3. The van der Waals surface area contributed by atoms with E-state index in [1.54, 1.807) is 15.9 Å². The van der Waals surface area contributed by atoms with E-state index in [0.29, 0.717) is 44.8 Å². The molecular weight excluding hydrogens is 423 g/mol. The predicted octanol–water partition coefficient (Wildman–Crippen LogP) is 2.34. The Hall–Kier alpha value is -1.84. The lowest BCUT2D eigenvalue weighted by atomic mass is 9.90. The van der Waals surface area contributed by atoms with Crippen molar-refractivity contribution in [2.24, 2.45) is 5.41 Å². The average Bonchev–Trinajstić information content (AvgIpc) is 3.56. The Labute approximate surface area is 186 Å². The fourth-order valence-corrected chi connectivity index (χ4v) is 5.06. The molecule has 2 N–H and O–H groups in total. The lowest BCUT2D eigenvalue weighted by molar-refractivity contribution is -0.137. The summed E-state index contributed by atoms with van der Waals surface area (Å²) < 4.78 is 39.2. The highest BCUT2D eigenvalue weighted by atomic mass is 19.4. The number of likely N-dealkylation sites (tertiary alicyclic amines) is 1. The van der Waals surface area contributed by atoms with Crippen molar-refractivity contribution >= 4 is 11.6 Å². The monoisotopic (exact) mass is 455 g/mol. The maximum Gasteiger partial charge on any atom is 0.416 e. The van der Waals surface area contributed by atoms with E-state index in [-0.39, 0.29) is 36.5 Å². The van der Waals surface area contributed by atoms with Crippen LogP contribution in [0.3, 0.4) is 0 Å². The van der Waals surface area contributed by atoms with Gasteiger partial charge in [0.05, 0.1) is 24.3 Å². The smallest absolute Gasteiger partial charge is 0.394 e. The molecule has 178 valence electrons. The summed E-state index contributed by atoms with van der Waals surface area (Å²) in [6.45, 7) is 3.20. The zero-order valence-electron chi connectivity index (χ0n) is 18.2. The number of hydrogen-bond donors (Lipinski definition) is 2. The van der Waals surface area contributed by atoms with E-state index in [9.17, 15) is 28.2 Å². The van der Waals surface area contributed by atoms with Gasteiger partial charge in [-0.2, -0.15) is 13.2 Å². The van der Waals surface area contributed by atoms with Crippen molar-refractivity contribution in [2.75, 3.05) is 50.8 Å². The van der Waals surface area contributed by atoms with E-state index in [2.05, 4.69) is 4.90 Å². The second-order valence-corrected chi connectivity index (χ2v) is 9.43. The highest BCUT2D eigenvalue weighted by molar-refractivity contribution is 5.78. The van der Waals surface area contributed by atoms with Crippen LogP contribution >= 0.6 is 0 Å². The number of hydrogen-bond acceptors (Lipinski definition) is 5. The third-order valence-corrected chi connectivity index (χ3v) is 7.45. The first-order valence-electron chi connectivity index (χ1n) is 11.4. The molecular formula is C23H32F3N3O3. The van der Waals surface area contributed by atoms with Crippen molar-refractivity contribution in [3.63, 3.8) is 0 Å². The fraction of sp³-hybridized carbons (Fsp3) is 0.696. The second kappa shape index (κ2) is 9.19. The molecule has 1 amide bonds. The van der Waals surface area contributed by atoms with Gasteiger partial charge in [0.15, 0.2) is 0 Å². The van der Waals surface area contributed by atoms with Crippen LogP contribution in [0, 0.1) is 5.41 Å². The molecule has 3 aliphatic rings. The van der Waals surface area contributed by atoms with E-state index in [0.717, 1.165) is 37.9 Å². The largest absolute Gasteiger partial charge is 0.416 e. The van der Waals surface area contributed by atoms with E-state index < -0.39 is 11.7 Å². The van der Waals surface area contributed by atoms with Crippen molar-refractivity contribution in [1.82, 2.24) is 9.80 Å². The highest BCUT2D eigenvalue weighted by Crippen LogP contribution is 2.53. The van der Waals surface area contributed by atoms with Crippen LogP contribution in [0.15, 0.2) is 24.3 Å². The van der Waals surface area contributed by atoms with Crippen LogP contribution in [-0.4, -0.2) is 83.9 Å². The Morgan fingerprint density at radius 2 is 1.91 bits per heavy atom. The van der Waals surface area contributed by atoms with Crippen LogP contribution in [0.2, 0.25) is 0 Å². The summed E-state index contributed by atoms with van der Waals surface area (Å²) in [7, 11) is 0. The number of nitrogens with zero attached hydrogens (tertiary/aromatic N) is 3. The number of piperidine rings is 1. The van der Waals surface area contributed by atoms with Gasteiger partial charge >= 0.3 is 6.18 Å². The maximum absolute atomic E-state index is 13.1. The standard InChI is InChI=1S/C23H32F3N3O3/c24-23(25,26)17-2-1-3-18(14-17)28-10-5-21(32)29(13-12-28)19(16-30)4-9-27-11-8-22(6-7-22)20(31)15-27/h1-3,14,19-20,30-31H,4-13,15-16H2/t19?,20-/m1/s1. The van der Waals surface area contributed by atoms with Gasteiger partial charge in [0.2, 0.25) is 5.91 Å². The van der Waals surface area contributed by atoms with Gasteiger partial charge in [0.25, 0.3) is 0 Å². The molecule has 2 atom stereocenters. The fourth-order valence-electron chi connectivity index (χ4n) is 5.06. The molecule has 0 bridgehead atoms. The van der Waals surface area contributed by atoms with Gasteiger partial charge in [-0.3, -0.25) is 4.79 Å². The van der Waals surface area contributed by atoms with E-state index in [1.807, 2.05) is 0 Å². The van der Waals surface area contributed by atoms with Gasteiger partial charge in [-0.25, -0.2) is 0 Å². The number of amides is 1. The zero-order valence-corrected chi connectivity index (χ0v) is 18.2. The number of benzene rings is 1. The number of alkyl halides is 3. The third kappa shape index (κ3) is 5.05. The number of aliphatic hydroxyl groups excluding tert-OH is 2. The molecule has 2 saturated heterocycles. The molecule has 6 nitrogen and oxygen atoms in total. The second-order valence-electron chi connectivity index (χ2n) is 9.43. The molecule has 1 aliphatic carbocycles. The lowest BCUT2D eigenvalue weighted by Crippen LogP contribution is -2.48. The van der Waals surface area contributed by atoms with Gasteiger partial charge in [-0.05, 0) is 55.8 Å². The molecule has 0 radical (unpaired) electrons. The van der Waals surface area contributed by atoms with E-state index in [1.165, 1.54) is 6.07 Å². The molecule has 1 aromatic rings. The topological polar surface area (TPSA) is 67.2 Å². The number of β-amino-alcohol motifs (C(OH)–C–C–N with tert-alkyl or cyclic N) is 1. The summed E-state index contributed by atoms with van der Waals surface area (Å²) in [5.74, 6) is -0.0888. The minimum atomic E-state index is -4.41. The maximum atomic E-state index is 13.1. The highest BCUT2D eigenvalue weighted by Gasteiger charge is 2.51. The molecule has 3 fully saturated rings. The molecule has 1 saturated carbocycles. The predicted molar refractivity (Wildman–Crippen MR) is 114 cm³/mol. The molecule has 4 rings (SSSR count). The Kier molecular flexibility index (Phi) is 6.70. The molecule has 9 heteroatoms. The molecule has 0 aromatic heterocycles. The Morgan fingerprint density at radius 1 is 1.12 bits per heavy atom. The molecule has 2 heterocycles. The summed E-state index contributed by atoms with van der Waals surface area (Å²) >= 11 is 0. The van der Waals surface area contributed by atoms with Gasteiger partial charge < -0.3 is 24.9 Å². The van der Waals surface area contributed by atoms with Crippen LogP contribution < -0.4 is 4.90 Å². The Bertz CT molecular complexity index is 815. The van der Waals surface area contributed by atoms with E-state index >= 15 is 0 Å². The van der Waals surface area contributed by atoms with Crippen LogP contribution in [0.25, 0.3) is 0 Å². The quantitative estimate of drug-likeness (QED) is 0.690. The zero-order chi connectivity index (χ0) is 22.9. The van der Waals surface area contributed by atoms with Crippen molar-refractivity contribution in [1.29, 1.82) is 0 Å². The molecule has 1 unspecified atom stereocenters. The van der Waals surface area contributed by atoms with E-state index in [4.69, 9.17) is 0 Å². The van der Waals surface area contributed by atoms with Crippen LogP contribution in [0.5, 0.6) is 0 Å². The summed E-state index contributed by atoms with van der Waals surface area (Å²) in [6, 6.07) is 4.85. The normalized spacial score (nSPS) is 25.2. The van der Waals surface area contributed by atoms with Crippen LogP contribution in [-0.2, 0) is 11.0 Å². The van der Waals surface area contributed by atoms with Gasteiger partial charge in [-0.15, -0.1) is 0 Å².